The van der Waals surface area contributed by atoms with E-state index in [1.54, 1.807) is 0 Å². The Kier molecular flexibility index (Phi) is 6.04. The molecule has 2 nitrogen and oxygen atoms in total. The van der Waals surface area contributed by atoms with E-state index in [9.17, 15) is 0 Å². The predicted octanol–water partition coefficient (Wildman–Crippen LogP) is 3.37. The zero-order valence-electron chi connectivity index (χ0n) is 13.1. The van der Waals surface area contributed by atoms with E-state index in [2.05, 4.69) is 42.7 Å². The molecule has 0 saturated carbocycles. The summed E-state index contributed by atoms with van der Waals surface area (Å²) in [7, 11) is 0. The molecule has 2 aliphatic rings. The second-order valence-corrected chi connectivity index (χ2v) is 8.21. The van der Waals surface area contributed by atoms with Gasteiger partial charge in [0.25, 0.3) is 0 Å². The maximum Gasteiger partial charge on any atom is 0.0195 e. The van der Waals surface area contributed by atoms with Gasteiger partial charge in [0.2, 0.25) is 0 Å². The molecule has 0 aliphatic carbocycles. The second kappa shape index (κ2) is 7.33. The van der Waals surface area contributed by atoms with Gasteiger partial charge in [-0.2, -0.15) is 11.8 Å². The van der Waals surface area contributed by atoms with Gasteiger partial charge >= 0.3 is 0 Å². The summed E-state index contributed by atoms with van der Waals surface area (Å²) >= 11 is 2.16. The van der Waals surface area contributed by atoms with Crippen molar-refractivity contribution in [1.82, 2.24) is 10.2 Å². The van der Waals surface area contributed by atoms with E-state index in [1.807, 2.05) is 0 Å². The molecule has 2 fully saturated rings. The molecule has 112 valence electrons. The van der Waals surface area contributed by atoms with E-state index in [0.29, 0.717) is 5.41 Å². The maximum atomic E-state index is 3.72. The lowest BCUT2D eigenvalue weighted by Crippen LogP contribution is -2.50. The molecule has 2 atom stereocenters. The number of nitrogens with one attached hydrogen (secondary N) is 1. The first-order valence-electron chi connectivity index (χ1n) is 8.16. The van der Waals surface area contributed by atoms with Gasteiger partial charge in [0.05, 0.1) is 0 Å². The number of hydrogen-bond donors (Lipinski definition) is 1. The van der Waals surface area contributed by atoms with Crippen LogP contribution in [-0.4, -0.2) is 48.1 Å². The number of hydrogen-bond acceptors (Lipinski definition) is 3. The Morgan fingerprint density at radius 3 is 2.79 bits per heavy atom. The van der Waals surface area contributed by atoms with Gasteiger partial charge in [0.1, 0.15) is 0 Å². The molecule has 0 spiro atoms. The van der Waals surface area contributed by atoms with Crippen molar-refractivity contribution in [3.8, 4) is 0 Å². The number of nitrogens with zero attached hydrogens (tertiary/aromatic N) is 1. The fraction of sp³-hybridized carbons (Fsp3) is 1.00. The van der Waals surface area contributed by atoms with E-state index in [4.69, 9.17) is 0 Å². The lowest BCUT2D eigenvalue weighted by molar-refractivity contribution is 0.138. The third-order valence-electron chi connectivity index (χ3n) is 4.49. The highest BCUT2D eigenvalue weighted by atomic mass is 32.2. The van der Waals surface area contributed by atoms with Crippen LogP contribution < -0.4 is 5.32 Å². The monoisotopic (exact) mass is 284 g/mol. The smallest absolute Gasteiger partial charge is 0.0195 e. The molecule has 0 aromatic heterocycles. The standard InChI is InChI=1S/C16H32N2S/c1-4-9-18(11-14-7-5-6-8-17-14)15-10-16(2,3)13-19-12-15/h14-15,17H,4-13H2,1-3H3. The number of piperidine rings is 1. The molecule has 2 rings (SSSR count). The molecule has 0 radical (unpaired) electrons. The molecule has 0 aromatic carbocycles. The van der Waals surface area contributed by atoms with E-state index in [0.717, 1.165) is 12.1 Å². The fourth-order valence-electron chi connectivity index (χ4n) is 3.53. The van der Waals surface area contributed by atoms with Gasteiger partial charge in [0, 0.05) is 24.4 Å². The normalized spacial score (nSPS) is 31.6. The SMILES string of the molecule is CCCN(CC1CCCCN1)C1CSCC(C)(C)C1. The average molecular weight is 285 g/mol. The largest absolute Gasteiger partial charge is 0.313 e. The minimum atomic E-state index is 0.527. The third-order valence-corrected chi connectivity index (χ3v) is 6.09. The highest BCUT2D eigenvalue weighted by molar-refractivity contribution is 7.99. The molecule has 3 heteroatoms. The molecule has 0 aromatic rings. The molecular formula is C16H32N2S. The highest BCUT2D eigenvalue weighted by Gasteiger charge is 2.32. The average Bonchev–Trinajstić information content (AvgIpc) is 2.38. The fourth-order valence-corrected chi connectivity index (χ4v) is 4.92. The van der Waals surface area contributed by atoms with Gasteiger partial charge in [-0.05, 0) is 49.9 Å². The predicted molar refractivity (Wildman–Crippen MR) is 87.0 cm³/mol. The van der Waals surface area contributed by atoms with Gasteiger partial charge in [-0.25, -0.2) is 0 Å². The van der Waals surface area contributed by atoms with Crippen LogP contribution in [0.3, 0.4) is 0 Å². The van der Waals surface area contributed by atoms with Crippen LogP contribution in [0.5, 0.6) is 0 Å². The zero-order valence-corrected chi connectivity index (χ0v) is 13.9. The summed E-state index contributed by atoms with van der Waals surface area (Å²) in [6.45, 7) is 11.0. The highest BCUT2D eigenvalue weighted by Crippen LogP contribution is 2.35. The van der Waals surface area contributed by atoms with Crippen LogP contribution in [-0.2, 0) is 0 Å². The Labute approximate surface area is 124 Å². The lowest BCUT2D eigenvalue weighted by Gasteiger charge is -2.42. The Bertz CT molecular complexity index is 261. The molecule has 19 heavy (non-hydrogen) atoms. The summed E-state index contributed by atoms with van der Waals surface area (Å²) in [5.74, 6) is 2.68. The number of thioether (sulfide) groups is 1. The van der Waals surface area contributed by atoms with Crippen molar-refractivity contribution in [2.75, 3.05) is 31.1 Å². The Hall–Kier alpha value is 0.270. The van der Waals surface area contributed by atoms with Crippen LogP contribution in [0, 0.1) is 5.41 Å². The maximum absolute atomic E-state index is 3.72. The van der Waals surface area contributed by atoms with Gasteiger partial charge in [-0.1, -0.05) is 27.2 Å². The first-order valence-corrected chi connectivity index (χ1v) is 9.31. The lowest BCUT2D eigenvalue weighted by atomic mass is 9.87. The summed E-state index contributed by atoms with van der Waals surface area (Å²) in [6, 6.07) is 1.55. The van der Waals surface area contributed by atoms with Crippen molar-refractivity contribution in [1.29, 1.82) is 0 Å². The van der Waals surface area contributed by atoms with Crippen LogP contribution in [0.1, 0.15) is 52.9 Å². The quantitative estimate of drug-likeness (QED) is 0.833. The van der Waals surface area contributed by atoms with Crippen LogP contribution >= 0.6 is 11.8 Å². The molecular weight excluding hydrogens is 252 g/mol. The van der Waals surface area contributed by atoms with Gasteiger partial charge in [-0.3, -0.25) is 4.90 Å². The van der Waals surface area contributed by atoms with Crippen LogP contribution in [0.25, 0.3) is 0 Å². The van der Waals surface area contributed by atoms with Gasteiger partial charge in [0.15, 0.2) is 0 Å². The summed E-state index contributed by atoms with van der Waals surface area (Å²) in [5.41, 5.74) is 0.527. The Balaban J connectivity index is 1.90. The second-order valence-electron chi connectivity index (χ2n) is 7.18. The number of rotatable bonds is 5. The molecule has 0 amide bonds. The Morgan fingerprint density at radius 1 is 1.32 bits per heavy atom. The van der Waals surface area contributed by atoms with Crippen LogP contribution in [0.2, 0.25) is 0 Å². The van der Waals surface area contributed by atoms with Crippen molar-refractivity contribution in [3.63, 3.8) is 0 Å². The molecule has 0 bridgehead atoms. The van der Waals surface area contributed by atoms with E-state index < -0.39 is 0 Å². The summed E-state index contributed by atoms with van der Waals surface area (Å²) in [6.07, 6.45) is 6.84. The first-order chi connectivity index (χ1) is 9.11. The first kappa shape index (κ1) is 15.7. The molecule has 1 N–H and O–H groups in total. The zero-order chi connectivity index (χ0) is 13.7. The minimum absolute atomic E-state index is 0.527. The molecule has 2 saturated heterocycles. The van der Waals surface area contributed by atoms with E-state index >= 15 is 0 Å². The van der Waals surface area contributed by atoms with E-state index in [-0.39, 0.29) is 0 Å². The van der Waals surface area contributed by atoms with Crippen molar-refractivity contribution in [2.45, 2.75) is 65.0 Å². The van der Waals surface area contributed by atoms with Gasteiger partial charge in [-0.15, -0.1) is 0 Å². The molecule has 2 unspecified atom stereocenters. The summed E-state index contributed by atoms with van der Waals surface area (Å²) < 4.78 is 0. The minimum Gasteiger partial charge on any atom is -0.313 e. The van der Waals surface area contributed by atoms with Crippen molar-refractivity contribution in [3.05, 3.63) is 0 Å². The van der Waals surface area contributed by atoms with E-state index in [1.165, 1.54) is 63.2 Å². The summed E-state index contributed by atoms with van der Waals surface area (Å²) in [5, 5.41) is 3.72. The van der Waals surface area contributed by atoms with Crippen molar-refractivity contribution in [2.24, 2.45) is 5.41 Å². The van der Waals surface area contributed by atoms with Crippen LogP contribution in [0.15, 0.2) is 0 Å². The topological polar surface area (TPSA) is 15.3 Å². The summed E-state index contributed by atoms with van der Waals surface area (Å²) in [4.78, 5) is 2.79. The third kappa shape index (κ3) is 4.95. The molecule has 2 aliphatic heterocycles. The van der Waals surface area contributed by atoms with Crippen molar-refractivity contribution >= 4 is 11.8 Å². The molecule has 2 heterocycles. The Morgan fingerprint density at radius 2 is 2.16 bits per heavy atom. The van der Waals surface area contributed by atoms with Crippen molar-refractivity contribution < 1.29 is 0 Å². The van der Waals surface area contributed by atoms with Gasteiger partial charge < -0.3 is 5.32 Å². The van der Waals surface area contributed by atoms with Crippen LogP contribution in [0.4, 0.5) is 0 Å².